The number of thioether (sulfide) groups is 1. The largest absolute Gasteiger partial charge is 0.323 e. The molecule has 1 unspecified atom stereocenters. The lowest BCUT2D eigenvalue weighted by atomic mass is 10.3. The summed E-state index contributed by atoms with van der Waals surface area (Å²) in [5.41, 5.74) is 0.140. The number of rotatable bonds is 8. The molecule has 1 amide bonds. The molecular formula is C19H21F2N5O3S2. The summed E-state index contributed by atoms with van der Waals surface area (Å²) in [7, 11) is -3.69. The zero-order chi connectivity index (χ0) is 22.8. The van der Waals surface area contributed by atoms with E-state index in [0.717, 1.165) is 30.0 Å². The Balaban J connectivity index is 1.84. The normalized spacial score (nSPS) is 13.0. The highest BCUT2D eigenvalue weighted by Crippen LogP contribution is 2.26. The summed E-state index contributed by atoms with van der Waals surface area (Å²) in [6, 6.07) is 5.75. The first-order valence-electron chi connectivity index (χ1n) is 9.44. The third-order valence-corrected chi connectivity index (χ3v) is 7.62. The fourth-order valence-corrected chi connectivity index (χ4v) is 5.12. The molecule has 0 saturated heterocycles. The lowest BCUT2D eigenvalue weighted by Gasteiger charge is -2.18. The number of nitrogens with zero attached hydrogens (tertiary/aromatic N) is 4. The average Bonchev–Trinajstić information content (AvgIpc) is 3.13. The van der Waals surface area contributed by atoms with Crippen molar-refractivity contribution in [2.75, 3.05) is 18.4 Å². The van der Waals surface area contributed by atoms with Crippen LogP contribution in [0.15, 0.2) is 46.6 Å². The van der Waals surface area contributed by atoms with E-state index >= 15 is 0 Å². The Morgan fingerprint density at radius 1 is 1.19 bits per heavy atom. The van der Waals surface area contributed by atoms with Crippen LogP contribution in [0.1, 0.15) is 20.8 Å². The van der Waals surface area contributed by atoms with Crippen molar-refractivity contribution in [2.24, 2.45) is 0 Å². The van der Waals surface area contributed by atoms with Crippen LogP contribution >= 0.6 is 11.8 Å². The van der Waals surface area contributed by atoms with Crippen LogP contribution in [-0.2, 0) is 14.8 Å². The number of nitrogens with one attached hydrogen (secondary N) is 1. The highest BCUT2D eigenvalue weighted by molar-refractivity contribution is 8.00. The van der Waals surface area contributed by atoms with Gasteiger partial charge in [-0.25, -0.2) is 17.2 Å². The van der Waals surface area contributed by atoms with Gasteiger partial charge in [0.2, 0.25) is 15.9 Å². The number of amides is 1. The molecule has 0 fully saturated rings. The summed E-state index contributed by atoms with van der Waals surface area (Å²) >= 11 is 1.01. The number of halogens is 2. The monoisotopic (exact) mass is 469 g/mol. The van der Waals surface area contributed by atoms with Gasteiger partial charge in [-0.1, -0.05) is 25.6 Å². The quantitative estimate of drug-likeness (QED) is 0.509. The summed E-state index contributed by atoms with van der Waals surface area (Å²) in [6.45, 7) is 5.72. The van der Waals surface area contributed by atoms with E-state index in [4.69, 9.17) is 0 Å². The van der Waals surface area contributed by atoms with Crippen LogP contribution in [0.4, 0.5) is 14.5 Å². The molecule has 1 aromatic carbocycles. The second kappa shape index (κ2) is 9.28. The number of carbonyl (C=O) groups excluding carboxylic acids is 1. The molecule has 3 aromatic rings. The minimum atomic E-state index is -3.69. The van der Waals surface area contributed by atoms with Gasteiger partial charge in [-0.05, 0) is 31.2 Å². The molecule has 2 heterocycles. The maximum Gasteiger partial charge on any atom is 0.244 e. The predicted octanol–water partition coefficient (Wildman–Crippen LogP) is 3.16. The molecule has 1 atom stereocenters. The molecule has 0 bridgehead atoms. The van der Waals surface area contributed by atoms with E-state index < -0.39 is 32.8 Å². The summed E-state index contributed by atoms with van der Waals surface area (Å²) < 4.78 is 55.5. The van der Waals surface area contributed by atoms with Gasteiger partial charge in [0, 0.05) is 25.4 Å². The molecule has 166 valence electrons. The third-order valence-electron chi connectivity index (χ3n) is 4.52. The Bertz CT molecular complexity index is 1210. The Hall–Kier alpha value is -2.57. The maximum atomic E-state index is 13.8. The minimum absolute atomic E-state index is 0.0734. The number of anilines is 1. The van der Waals surface area contributed by atoms with Crippen molar-refractivity contribution in [3.05, 3.63) is 48.2 Å². The summed E-state index contributed by atoms with van der Waals surface area (Å²) in [5.74, 6) is -2.01. The standard InChI is InChI=1S/C19H21F2N5O3S2/c1-4-25(5-2)31(28,29)14-7-9-17-23-24-19(26(17)11-14)30-12(3)18(27)22-16-10-13(20)6-8-15(16)21/h6-12H,4-5H2,1-3H3,(H,22,27). The molecule has 0 radical (unpaired) electrons. The van der Waals surface area contributed by atoms with E-state index in [2.05, 4.69) is 15.5 Å². The van der Waals surface area contributed by atoms with Gasteiger partial charge in [0.1, 0.15) is 11.6 Å². The first-order valence-corrected chi connectivity index (χ1v) is 11.8. The van der Waals surface area contributed by atoms with Gasteiger partial charge in [0.05, 0.1) is 15.8 Å². The Kier molecular flexibility index (Phi) is 6.92. The van der Waals surface area contributed by atoms with Crippen LogP contribution in [0.25, 0.3) is 5.65 Å². The molecule has 0 spiro atoms. The van der Waals surface area contributed by atoms with Crippen LogP contribution in [0, 0.1) is 11.6 Å². The molecule has 3 rings (SSSR count). The van der Waals surface area contributed by atoms with Gasteiger partial charge in [-0.2, -0.15) is 4.31 Å². The molecule has 0 saturated carbocycles. The molecule has 0 aliphatic heterocycles. The van der Waals surface area contributed by atoms with Gasteiger partial charge in [0.25, 0.3) is 0 Å². The second-order valence-electron chi connectivity index (χ2n) is 6.54. The lowest BCUT2D eigenvalue weighted by Crippen LogP contribution is -2.30. The molecule has 2 aromatic heterocycles. The molecule has 31 heavy (non-hydrogen) atoms. The van der Waals surface area contributed by atoms with E-state index in [9.17, 15) is 22.0 Å². The van der Waals surface area contributed by atoms with Crippen molar-refractivity contribution in [1.82, 2.24) is 18.9 Å². The Morgan fingerprint density at radius 3 is 2.58 bits per heavy atom. The fourth-order valence-electron chi connectivity index (χ4n) is 2.84. The first kappa shape index (κ1) is 23.1. The number of hydrogen-bond acceptors (Lipinski definition) is 6. The van der Waals surface area contributed by atoms with Crippen molar-refractivity contribution in [3.8, 4) is 0 Å². The summed E-state index contributed by atoms with van der Waals surface area (Å²) in [4.78, 5) is 12.5. The van der Waals surface area contributed by atoms with Crippen molar-refractivity contribution in [3.63, 3.8) is 0 Å². The highest BCUT2D eigenvalue weighted by atomic mass is 32.2. The summed E-state index contributed by atoms with van der Waals surface area (Å²) in [6.07, 6.45) is 1.40. The van der Waals surface area contributed by atoms with Crippen LogP contribution in [0.2, 0.25) is 0 Å². The van der Waals surface area contributed by atoms with E-state index in [1.54, 1.807) is 20.8 Å². The summed E-state index contributed by atoms with van der Waals surface area (Å²) in [5, 5.41) is 9.89. The van der Waals surface area contributed by atoms with Gasteiger partial charge in [0.15, 0.2) is 10.8 Å². The van der Waals surface area contributed by atoms with E-state index in [0.29, 0.717) is 18.7 Å². The van der Waals surface area contributed by atoms with Crippen molar-refractivity contribution >= 4 is 39.0 Å². The first-order chi connectivity index (χ1) is 14.7. The molecule has 12 heteroatoms. The van der Waals surface area contributed by atoms with Crippen molar-refractivity contribution in [1.29, 1.82) is 0 Å². The number of hydrogen-bond donors (Lipinski definition) is 1. The second-order valence-corrected chi connectivity index (χ2v) is 9.78. The predicted molar refractivity (Wildman–Crippen MR) is 113 cm³/mol. The SMILES string of the molecule is CCN(CC)S(=O)(=O)c1ccc2nnc(SC(C)C(=O)Nc3cc(F)ccc3F)n2c1. The molecule has 0 aliphatic rings. The van der Waals surface area contributed by atoms with Gasteiger partial charge < -0.3 is 5.32 Å². The van der Waals surface area contributed by atoms with E-state index in [1.165, 1.54) is 27.0 Å². The zero-order valence-electron chi connectivity index (χ0n) is 17.0. The molecule has 0 aliphatic carbocycles. The highest BCUT2D eigenvalue weighted by Gasteiger charge is 2.24. The Labute approximate surface area is 182 Å². The number of aromatic nitrogens is 3. The van der Waals surface area contributed by atoms with Gasteiger partial charge in [-0.3, -0.25) is 9.20 Å². The topological polar surface area (TPSA) is 96.7 Å². The smallest absolute Gasteiger partial charge is 0.244 e. The average molecular weight is 470 g/mol. The van der Waals surface area contributed by atoms with Crippen LogP contribution in [-0.4, -0.2) is 51.6 Å². The van der Waals surface area contributed by atoms with Crippen LogP contribution in [0.3, 0.4) is 0 Å². The van der Waals surface area contributed by atoms with Gasteiger partial charge >= 0.3 is 0 Å². The number of benzene rings is 1. The number of pyridine rings is 1. The minimum Gasteiger partial charge on any atom is -0.323 e. The van der Waals surface area contributed by atoms with E-state index in [-0.39, 0.29) is 15.7 Å². The number of fused-ring (bicyclic) bond motifs is 1. The van der Waals surface area contributed by atoms with Crippen LogP contribution < -0.4 is 5.32 Å². The Morgan fingerprint density at radius 2 is 1.90 bits per heavy atom. The maximum absolute atomic E-state index is 13.8. The molecule has 1 N–H and O–H groups in total. The van der Waals surface area contributed by atoms with E-state index in [1.807, 2.05) is 0 Å². The van der Waals surface area contributed by atoms with Crippen molar-refractivity contribution < 1.29 is 22.0 Å². The fraction of sp³-hybridized carbons (Fsp3) is 0.316. The van der Waals surface area contributed by atoms with Crippen molar-refractivity contribution in [2.45, 2.75) is 36.1 Å². The zero-order valence-corrected chi connectivity index (χ0v) is 18.7. The van der Waals surface area contributed by atoms with Gasteiger partial charge in [-0.15, -0.1) is 10.2 Å². The molecular weight excluding hydrogens is 448 g/mol. The van der Waals surface area contributed by atoms with Crippen LogP contribution in [0.5, 0.6) is 0 Å². The lowest BCUT2D eigenvalue weighted by molar-refractivity contribution is -0.115. The third kappa shape index (κ3) is 4.86. The number of carbonyl (C=O) groups is 1. The number of sulfonamides is 1. The molecule has 8 nitrogen and oxygen atoms in total.